The number of carbonyl (C=O) groups is 1. The smallest absolute Gasteiger partial charge is 0.399 e. The van der Waals surface area contributed by atoms with Crippen LogP contribution in [-0.4, -0.2) is 15.7 Å². The Morgan fingerprint density at radius 2 is 2.14 bits per heavy atom. The van der Waals surface area contributed by atoms with E-state index in [-0.39, 0.29) is 6.54 Å². The van der Waals surface area contributed by atoms with Crippen molar-refractivity contribution < 1.29 is 18.0 Å². The molecule has 0 saturated carbocycles. The number of nitrogen functional groups attached to an aromatic ring is 1. The number of nitrogens with two attached hydrogens (primary N) is 1. The molecule has 1 aromatic carbocycles. The Hall–Kier alpha value is -2.51. The zero-order valence-electron chi connectivity index (χ0n) is 11.1. The molecule has 0 spiro atoms. The molecule has 2 aromatic rings. The number of aryl methyl sites for hydroxylation is 1. The monoisotopic (exact) mass is 298 g/mol. The highest BCUT2D eigenvalue weighted by Crippen LogP contribution is 2.28. The minimum Gasteiger partial charge on any atom is -0.399 e. The van der Waals surface area contributed by atoms with Crippen molar-refractivity contribution in [2.24, 2.45) is 0 Å². The van der Waals surface area contributed by atoms with Crippen LogP contribution < -0.4 is 11.1 Å². The van der Waals surface area contributed by atoms with Crippen LogP contribution in [0, 0.1) is 6.92 Å². The molecular weight excluding hydrogens is 285 g/mol. The van der Waals surface area contributed by atoms with Crippen LogP contribution in [-0.2, 0) is 17.5 Å². The minimum absolute atomic E-state index is 0.306. The van der Waals surface area contributed by atoms with Crippen molar-refractivity contribution in [2.45, 2.75) is 19.6 Å². The van der Waals surface area contributed by atoms with E-state index in [1.165, 1.54) is 0 Å². The molecular formula is C13H13F3N4O. The van der Waals surface area contributed by atoms with Gasteiger partial charge in [-0.05, 0) is 30.7 Å². The first-order valence-electron chi connectivity index (χ1n) is 6.01. The van der Waals surface area contributed by atoms with Crippen LogP contribution in [0.25, 0.3) is 0 Å². The van der Waals surface area contributed by atoms with E-state index in [1.807, 2.05) is 0 Å². The first-order chi connectivity index (χ1) is 9.75. The van der Waals surface area contributed by atoms with Gasteiger partial charge in [0.1, 0.15) is 6.54 Å². The summed E-state index contributed by atoms with van der Waals surface area (Å²) in [6.07, 6.45) is -3.00. The van der Waals surface area contributed by atoms with Gasteiger partial charge in [-0.1, -0.05) is 0 Å². The van der Waals surface area contributed by atoms with Gasteiger partial charge in [-0.3, -0.25) is 9.48 Å². The fourth-order valence-electron chi connectivity index (χ4n) is 1.76. The summed E-state index contributed by atoms with van der Waals surface area (Å²) in [5.41, 5.74) is 6.58. The number of nitrogens with one attached hydrogen (secondary N) is 1. The standard InChI is InChI=1S/C13H13F3N4O/c1-8-4-10(17)2-3-11(8)19-12(21)7-20-6-9(5-18-20)13(14,15)16/h2-6H,7,17H2,1H3,(H,19,21). The number of aromatic nitrogens is 2. The second-order valence-electron chi connectivity index (χ2n) is 4.55. The number of rotatable bonds is 3. The zero-order chi connectivity index (χ0) is 15.6. The fraction of sp³-hybridized carbons (Fsp3) is 0.231. The maximum Gasteiger partial charge on any atom is 0.419 e. The van der Waals surface area contributed by atoms with Crippen LogP contribution in [0.2, 0.25) is 0 Å². The number of halogens is 3. The maximum absolute atomic E-state index is 12.4. The minimum atomic E-state index is -4.47. The van der Waals surface area contributed by atoms with E-state index >= 15 is 0 Å². The third kappa shape index (κ3) is 3.74. The molecule has 8 heteroatoms. The molecule has 0 radical (unpaired) electrons. The van der Waals surface area contributed by atoms with Crippen molar-refractivity contribution in [1.82, 2.24) is 9.78 Å². The predicted octanol–water partition coefficient (Wildman–Crippen LogP) is 2.43. The van der Waals surface area contributed by atoms with Gasteiger partial charge in [-0.15, -0.1) is 0 Å². The van der Waals surface area contributed by atoms with Crippen LogP contribution in [0.1, 0.15) is 11.1 Å². The molecule has 0 aliphatic heterocycles. The van der Waals surface area contributed by atoms with Gasteiger partial charge in [-0.2, -0.15) is 18.3 Å². The second-order valence-corrected chi connectivity index (χ2v) is 4.55. The van der Waals surface area contributed by atoms with Crippen LogP contribution in [0.3, 0.4) is 0 Å². The summed E-state index contributed by atoms with van der Waals surface area (Å²) in [6.45, 7) is 1.46. The number of hydrogen-bond donors (Lipinski definition) is 2. The van der Waals surface area contributed by atoms with Gasteiger partial charge in [0, 0.05) is 17.6 Å². The maximum atomic E-state index is 12.4. The largest absolute Gasteiger partial charge is 0.419 e. The highest BCUT2D eigenvalue weighted by molar-refractivity contribution is 5.91. The Morgan fingerprint density at radius 1 is 1.43 bits per heavy atom. The van der Waals surface area contributed by atoms with E-state index in [0.717, 1.165) is 16.4 Å². The molecule has 3 N–H and O–H groups in total. The average Bonchev–Trinajstić information content (AvgIpc) is 2.81. The summed E-state index contributed by atoms with van der Waals surface area (Å²) in [4.78, 5) is 11.8. The molecule has 0 unspecified atom stereocenters. The van der Waals surface area contributed by atoms with E-state index in [4.69, 9.17) is 5.73 Å². The number of anilines is 2. The Kier molecular flexibility index (Phi) is 3.88. The lowest BCUT2D eigenvalue weighted by Crippen LogP contribution is -2.19. The summed E-state index contributed by atoms with van der Waals surface area (Å²) >= 11 is 0. The third-order valence-corrected chi connectivity index (χ3v) is 2.79. The molecule has 0 saturated heterocycles. The number of hydrogen-bond acceptors (Lipinski definition) is 3. The van der Waals surface area contributed by atoms with Crippen LogP contribution >= 0.6 is 0 Å². The molecule has 5 nitrogen and oxygen atoms in total. The lowest BCUT2D eigenvalue weighted by Gasteiger charge is -2.09. The SMILES string of the molecule is Cc1cc(N)ccc1NC(=O)Cn1cc(C(F)(F)F)cn1. The summed E-state index contributed by atoms with van der Waals surface area (Å²) in [6, 6.07) is 4.94. The molecule has 0 fully saturated rings. The highest BCUT2D eigenvalue weighted by atomic mass is 19.4. The van der Waals surface area contributed by atoms with Crippen LogP contribution in [0.5, 0.6) is 0 Å². The van der Waals surface area contributed by atoms with E-state index in [9.17, 15) is 18.0 Å². The number of alkyl halides is 3. The third-order valence-electron chi connectivity index (χ3n) is 2.79. The Labute approximate surface area is 118 Å². The van der Waals surface area contributed by atoms with Crippen LogP contribution in [0.15, 0.2) is 30.6 Å². The first-order valence-corrected chi connectivity index (χ1v) is 6.01. The first kappa shape index (κ1) is 14.9. The Morgan fingerprint density at radius 3 is 2.71 bits per heavy atom. The van der Waals surface area contributed by atoms with Crippen molar-refractivity contribution in [3.8, 4) is 0 Å². The molecule has 0 bridgehead atoms. The topological polar surface area (TPSA) is 72.9 Å². The van der Waals surface area contributed by atoms with Gasteiger partial charge in [0.2, 0.25) is 5.91 Å². The average molecular weight is 298 g/mol. The van der Waals surface area contributed by atoms with E-state index < -0.39 is 17.6 Å². The summed E-state index contributed by atoms with van der Waals surface area (Å²) in [5.74, 6) is -0.473. The van der Waals surface area contributed by atoms with Crippen LogP contribution in [0.4, 0.5) is 24.5 Å². The number of carbonyl (C=O) groups excluding carboxylic acids is 1. The molecule has 1 heterocycles. The number of amides is 1. The van der Waals surface area contributed by atoms with Gasteiger partial charge >= 0.3 is 6.18 Å². The summed E-state index contributed by atoms with van der Waals surface area (Å²) in [7, 11) is 0. The lowest BCUT2D eigenvalue weighted by atomic mass is 10.2. The lowest BCUT2D eigenvalue weighted by molar-refractivity contribution is -0.137. The van der Waals surface area contributed by atoms with Gasteiger partial charge in [0.15, 0.2) is 0 Å². The van der Waals surface area contributed by atoms with Gasteiger partial charge in [0.25, 0.3) is 0 Å². The van der Waals surface area contributed by atoms with Gasteiger partial charge in [0.05, 0.1) is 11.8 Å². The van der Waals surface area contributed by atoms with Crippen molar-refractivity contribution in [1.29, 1.82) is 0 Å². The number of nitrogens with zero attached hydrogens (tertiary/aromatic N) is 2. The molecule has 1 aromatic heterocycles. The molecule has 0 aliphatic rings. The molecule has 112 valence electrons. The molecule has 0 aliphatic carbocycles. The van der Waals surface area contributed by atoms with E-state index in [2.05, 4.69) is 10.4 Å². The Balaban J connectivity index is 2.03. The quantitative estimate of drug-likeness (QED) is 0.855. The summed E-state index contributed by atoms with van der Waals surface area (Å²) < 4.78 is 38.2. The molecule has 1 amide bonds. The normalized spacial score (nSPS) is 11.4. The highest BCUT2D eigenvalue weighted by Gasteiger charge is 2.32. The van der Waals surface area contributed by atoms with Crippen molar-refractivity contribution in [3.63, 3.8) is 0 Å². The number of benzene rings is 1. The zero-order valence-corrected chi connectivity index (χ0v) is 11.1. The van der Waals surface area contributed by atoms with Gasteiger partial charge < -0.3 is 11.1 Å². The van der Waals surface area contributed by atoms with E-state index in [0.29, 0.717) is 17.6 Å². The van der Waals surface area contributed by atoms with E-state index in [1.54, 1.807) is 25.1 Å². The summed E-state index contributed by atoms with van der Waals surface area (Å²) in [5, 5.41) is 6.11. The van der Waals surface area contributed by atoms with Gasteiger partial charge in [-0.25, -0.2) is 0 Å². The van der Waals surface area contributed by atoms with Crippen molar-refractivity contribution >= 4 is 17.3 Å². The molecule has 21 heavy (non-hydrogen) atoms. The fourth-order valence-corrected chi connectivity index (χ4v) is 1.76. The molecule has 2 rings (SSSR count). The van der Waals surface area contributed by atoms with Crippen molar-refractivity contribution in [3.05, 3.63) is 41.7 Å². The molecule has 0 atom stereocenters. The van der Waals surface area contributed by atoms with Crippen molar-refractivity contribution in [2.75, 3.05) is 11.1 Å². The second kappa shape index (κ2) is 5.47. The Bertz CT molecular complexity index is 664. The predicted molar refractivity (Wildman–Crippen MR) is 71.5 cm³/mol.